The van der Waals surface area contributed by atoms with Gasteiger partial charge in [0.25, 0.3) is 0 Å². The van der Waals surface area contributed by atoms with Gasteiger partial charge in [-0.05, 0) is 55.4 Å². The average Bonchev–Trinajstić information content (AvgIpc) is 2.46. The smallest absolute Gasteiger partial charge is 0.0208 e. The molecule has 1 aromatic carbocycles. The summed E-state index contributed by atoms with van der Waals surface area (Å²) < 4.78 is 0. The summed E-state index contributed by atoms with van der Waals surface area (Å²) in [5.41, 5.74) is 3.07. The monoisotopic (exact) mass is 288 g/mol. The van der Waals surface area contributed by atoms with Gasteiger partial charge >= 0.3 is 0 Å². The Balaban J connectivity index is 1.76. The van der Waals surface area contributed by atoms with Gasteiger partial charge in [0.1, 0.15) is 0 Å². The van der Waals surface area contributed by atoms with E-state index in [-0.39, 0.29) is 5.41 Å². The van der Waals surface area contributed by atoms with E-state index in [1.807, 2.05) is 0 Å². The quantitative estimate of drug-likeness (QED) is 0.882. The molecule has 1 aliphatic heterocycles. The molecule has 0 aromatic heterocycles. The second-order valence-electron chi connectivity index (χ2n) is 7.44. The molecule has 1 saturated heterocycles. The SMILES string of the molecule is CCCN1CCC(NCc2ccc(C(C)(C)C)cc2)CC1. The van der Waals surface area contributed by atoms with Crippen LogP contribution in [0.2, 0.25) is 0 Å². The highest BCUT2D eigenvalue weighted by Gasteiger charge is 2.18. The fraction of sp³-hybridized carbons (Fsp3) is 0.684. The van der Waals surface area contributed by atoms with Crippen molar-refractivity contribution in [2.24, 2.45) is 0 Å². The van der Waals surface area contributed by atoms with Gasteiger partial charge in [0.05, 0.1) is 0 Å². The van der Waals surface area contributed by atoms with E-state index in [0.29, 0.717) is 6.04 Å². The minimum atomic E-state index is 0.248. The summed E-state index contributed by atoms with van der Waals surface area (Å²) in [6.07, 6.45) is 3.86. The maximum atomic E-state index is 3.73. The third kappa shape index (κ3) is 5.12. The van der Waals surface area contributed by atoms with Crippen LogP contribution in [0.25, 0.3) is 0 Å². The Morgan fingerprint density at radius 1 is 1.10 bits per heavy atom. The van der Waals surface area contributed by atoms with Crippen LogP contribution >= 0.6 is 0 Å². The number of likely N-dealkylation sites (tertiary alicyclic amines) is 1. The number of nitrogens with zero attached hydrogens (tertiary/aromatic N) is 1. The van der Waals surface area contributed by atoms with Crippen LogP contribution in [0.5, 0.6) is 0 Å². The first-order valence-electron chi connectivity index (χ1n) is 8.54. The number of rotatable bonds is 5. The van der Waals surface area contributed by atoms with Crippen molar-refractivity contribution >= 4 is 0 Å². The summed E-state index contributed by atoms with van der Waals surface area (Å²) in [4.78, 5) is 2.59. The highest BCUT2D eigenvalue weighted by atomic mass is 15.1. The molecule has 0 radical (unpaired) electrons. The lowest BCUT2D eigenvalue weighted by Gasteiger charge is -2.32. The molecule has 118 valence electrons. The van der Waals surface area contributed by atoms with Crippen LogP contribution in [0.1, 0.15) is 58.1 Å². The second-order valence-corrected chi connectivity index (χ2v) is 7.44. The number of hydrogen-bond acceptors (Lipinski definition) is 2. The van der Waals surface area contributed by atoms with Crippen molar-refractivity contribution in [1.82, 2.24) is 10.2 Å². The molecule has 0 unspecified atom stereocenters. The van der Waals surface area contributed by atoms with Crippen molar-refractivity contribution in [1.29, 1.82) is 0 Å². The summed E-state index contributed by atoms with van der Waals surface area (Å²) in [5.74, 6) is 0. The number of nitrogens with one attached hydrogen (secondary N) is 1. The molecule has 2 nitrogen and oxygen atoms in total. The Morgan fingerprint density at radius 2 is 1.71 bits per heavy atom. The van der Waals surface area contributed by atoms with E-state index < -0.39 is 0 Å². The molecule has 2 rings (SSSR count). The van der Waals surface area contributed by atoms with Gasteiger partial charge in [-0.15, -0.1) is 0 Å². The molecule has 0 amide bonds. The van der Waals surface area contributed by atoms with Crippen molar-refractivity contribution in [3.05, 3.63) is 35.4 Å². The molecule has 1 fully saturated rings. The lowest BCUT2D eigenvalue weighted by Crippen LogP contribution is -2.42. The van der Waals surface area contributed by atoms with E-state index in [2.05, 4.69) is 62.2 Å². The van der Waals surface area contributed by atoms with Gasteiger partial charge in [-0.1, -0.05) is 52.0 Å². The summed E-state index contributed by atoms with van der Waals surface area (Å²) in [5, 5.41) is 3.73. The summed E-state index contributed by atoms with van der Waals surface area (Å²) in [7, 11) is 0. The number of benzene rings is 1. The third-order valence-electron chi connectivity index (χ3n) is 4.54. The Hall–Kier alpha value is -0.860. The maximum absolute atomic E-state index is 3.73. The Labute approximate surface area is 130 Å². The summed E-state index contributed by atoms with van der Waals surface area (Å²) in [6.45, 7) is 13.9. The van der Waals surface area contributed by atoms with Crippen LogP contribution in [0.3, 0.4) is 0 Å². The molecule has 1 heterocycles. The van der Waals surface area contributed by atoms with Gasteiger partial charge in [-0.25, -0.2) is 0 Å². The van der Waals surface area contributed by atoms with Crippen LogP contribution < -0.4 is 5.32 Å². The molecule has 0 bridgehead atoms. The highest BCUT2D eigenvalue weighted by molar-refractivity contribution is 5.27. The van der Waals surface area contributed by atoms with Gasteiger partial charge in [0, 0.05) is 12.6 Å². The standard InChI is InChI=1S/C19H32N2/c1-5-12-21-13-10-18(11-14-21)20-15-16-6-8-17(9-7-16)19(2,3)4/h6-9,18,20H,5,10-15H2,1-4H3. The lowest BCUT2D eigenvalue weighted by atomic mass is 9.87. The van der Waals surface area contributed by atoms with Gasteiger partial charge in [0.15, 0.2) is 0 Å². The lowest BCUT2D eigenvalue weighted by molar-refractivity contribution is 0.197. The zero-order chi connectivity index (χ0) is 15.3. The van der Waals surface area contributed by atoms with Crippen molar-refractivity contribution in [2.75, 3.05) is 19.6 Å². The largest absolute Gasteiger partial charge is 0.310 e. The fourth-order valence-corrected chi connectivity index (χ4v) is 3.06. The van der Waals surface area contributed by atoms with Crippen molar-refractivity contribution in [3.63, 3.8) is 0 Å². The molecular formula is C19H32N2. The number of piperidine rings is 1. The molecule has 0 atom stereocenters. The van der Waals surface area contributed by atoms with E-state index in [9.17, 15) is 0 Å². The maximum Gasteiger partial charge on any atom is 0.0208 e. The van der Waals surface area contributed by atoms with Gasteiger partial charge in [0.2, 0.25) is 0 Å². The molecule has 1 N–H and O–H groups in total. The molecule has 1 aliphatic rings. The van der Waals surface area contributed by atoms with E-state index in [0.717, 1.165) is 6.54 Å². The van der Waals surface area contributed by atoms with Crippen molar-refractivity contribution in [2.45, 2.75) is 65.0 Å². The second kappa shape index (κ2) is 7.42. The van der Waals surface area contributed by atoms with Crippen LogP contribution in [-0.2, 0) is 12.0 Å². The molecule has 0 saturated carbocycles. The Kier molecular flexibility index (Phi) is 5.83. The first kappa shape index (κ1) is 16.5. The van der Waals surface area contributed by atoms with Crippen molar-refractivity contribution in [3.8, 4) is 0 Å². The average molecular weight is 288 g/mol. The van der Waals surface area contributed by atoms with Gasteiger partial charge in [-0.2, -0.15) is 0 Å². The minimum Gasteiger partial charge on any atom is -0.310 e. The first-order valence-corrected chi connectivity index (χ1v) is 8.54. The molecule has 21 heavy (non-hydrogen) atoms. The Morgan fingerprint density at radius 3 is 2.24 bits per heavy atom. The first-order chi connectivity index (χ1) is 9.99. The fourth-order valence-electron chi connectivity index (χ4n) is 3.06. The van der Waals surface area contributed by atoms with E-state index >= 15 is 0 Å². The van der Waals surface area contributed by atoms with Crippen LogP contribution in [0.15, 0.2) is 24.3 Å². The van der Waals surface area contributed by atoms with E-state index in [1.54, 1.807) is 0 Å². The Bertz CT molecular complexity index is 408. The highest BCUT2D eigenvalue weighted by Crippen LogP contribution is 2.22. The zero-order valence-corrected chi connectivity index (χ0v) is 14.3. The predicted molar refractivity (Wildman–Crippen MR) is 91.7 cm³/mol. The molecule has 0 spiro atoms. The molecule has 2 heteroatoms. The third-order valence-corrected chi connectivity index (χ3v) is 4.54. The van der Waals surface area contributed by atoms with Crippen LogP contribution in [0, 0.1) is 0 Å². The summed E-state index contributed by atoms with van der Waals surface area (Å²) >= 11 is 0. The molecular weight excluding hydrogens is 256 g/mol. The van der Waals surface area contributed by atoms with Crippen molar-refractivity contribution < 1.29 is 0 Å². The zero-order valence-electron chi connectivity index (χ0n) is 14.3. The van der Waals surface area contributed by atoms with E-state index in [1.165, 1.54) is 50.0 Å². The molecule has 1 aromatic rings. The number of hydrogen-bond donors (Lipinski definition) is 1. The van der Waals surface area contributed by atoms with Crippen LogP contribution in [-0.4, -0.2) is 30.6 Å². The van der Waals surface area contributed by atoms with Gasteiger partial charge in [-0.3, -0.25) is 0 Å². The summed E-state index contributed by atoms with van der Waals surface area (Å²) in [6, 6.07) is 9.81. The van der Waals surface area contributed by atoms with Crippen LogP contribution in [0.4, 0.5) is 0 Å². The topological polar surface area (TPSA) is 15.3 Å². The minimum absolute atomic E-state index is 0.248. The van der Waals surface area contributed by atoms with E-state index in [4.69, 9.17) is 0 Å². The van der Waals surface area contributed by atoms with Gasteiger partial charge < -0.3 is 10.2 Å². The predicted octanol–water partition coefficient (Wildman–Crippen LogP) is 3.95. The molecule has 0 aliphatic carbocycles. The normalized spacial score (nSPS) is 18.1.